The second-order valence-corrected chi connectivity index (χ2v) is 13.9. The number of fused-ring (bicyclic) bond motifs is 1. The molecule has 0 saturated heterocycles. The minimum Gasteiger partial charge on any atom is -0.310 e. The van der Waals surface area contributed by atoms with Crippen molar-refractivity contribution in [2.75, 3.05) is 4.90 Å². The van der Waals surface area contributed by atoms with Crippen LogP contribution in [0.4, 0.5) is 17.1 Å². The van der Waals surface area contributed by atoms with Gasteiger partial charge in [-0.2, -0.15) is 0 Å². The summed E-state index contributed by atoms with van der Waals surface area (Å²) in [6.45, 7) is 4.27. The molecule has 1 nitrogen and oxygen atoms in total. The van der Waals surface area contributed by atoms with E-state index in [-0.39, 0.29) is 0 Å². The Morgan fingerprint density at radius 1 is 0.400 bits per heavy atom. The zero-order valence-corrected chi connectivity index (χ0v) is 31.3. The molecule has 1 heteroatoms. The van der Waals surface area contributed by atoms with Gasteiger partial charge in [-0.1, -0.05) is 199 Å². The van der Waals surface area contributed by atoms with Crippen LogP contribution in [0.5, 0.6) is 0 Å². The Hall–Kier alpha value is -6.96. The van der Waals surface area contributed by atoms with E-state index in [0.717, 1.165) is 22.6 Å². The molecule has 0 amide bonds. The molecule has 8 rings (SSSR count). The summed E-state index contributed by atoms with van der Waals surface area (Å²) in [5.41, 5.74) is 15.4. The van der Waals surface area contributed by atoms with E-state index in [9.17, 15) is 0 Å². The molecule has 0 radical (unpaired) electrons. The molecule has 0 atom stereocenters. The Labute approximate surface area is 325 Å². The molecule has 0 aliphatic heterocycles. The lowest BCUT2D eigenvalue weighted by Gasteiger charge is -2.27. The van der Waals surface area contributed by atoms with Gasteiger partial charge in [0.25, 0.3) is 0 Å². The fourth-order valence-electron chi connectivity index (χ4n) is 7.18. The Bertz CT molecular complexity index is 2510. The number of rotatable bonds is 10. The number of benzene rings is 8. The number of anilines is 3. The molecule has 0 heterocycles. The van der Waals surface area contributed by atoms with Crippen LogP contribution in [0.1, 0.15) is 44.5 Å². The lowest BCUT2D eigenvalue weighted by Crippen LogP contribution is -2.10. The van der Waals surface area contributed by atoms with E-state index in [0.29, 0.717) is 0 Å². The maximum absolute atomic E-state index is 2.37. The van der Waals surface area contributed by atoms with Crippen molar-refractivity contribution in [1.82, 2.24) is 0 Å². The number of hydrogen-bond donors (Lipinski definition) is 0. The molecule has 0 spiro atoms. The van der Waals surface area contributed by atoms with Gasteiger partial charge in [-0.15, -0.1) is 0 Å². The number of para-hydroxylation sites is 1. The zero-order valence-electron chi connectivity index (χ0n) is 31.3. The Balaban J connectivity index is 1.18. The third-order valence-corrected chi connectivity index (χ3v) is 10.1. The average molecular weight is 706 g/mol. The fourth-order valence-corrected chi connectivity index (χ4v) is 7.18. The molecule has 8 aromatic rings. The first-order chi connectivity index (χ1) is 27.1. The van der Waals surface area contributed by atoms with Crippen LogP contribution in [0.15, 0.2) is 212 Å². The van der Waals surface area contributed by atoms with E-state index >= 15 is 0 Å². The summed E-state index contributed by atoms with van der Waals surface area (Å²) < 4.78 is 0. The second kappa shape index (κ2) is 16.4. The highest BCUT2D eigenvalue weighted by Gasteiger charge is 2.16. The van der Waals surface area contributed by atoms with Crippen molar-refractivity contribution in [3.8, 4) is 0 Å². The number of nitrogens with zero attached hydrogens (tertiary/aromatic N) is 1. The first kappa shape index (κ1) is 35.1. The van der Waals surface area contributed by atoms with Gasteiger partial charge in [0, 0.05) is 16.8 Å². The van der Waals surface area contributed by atoms with E-state index < -0.39 is 0 Å². The second-order valence-electron chi connectivity index (χ2n) is 13.9. The van der Waals surface area contributed by atoms with Gasteiger partial charge in [0.1, 0.15) is 0 Å². The van der Waals surface area contributed by atoms with Gasteiger partial charge in [-0.25, -0.2) is 0 Å². The quantitative estimate of drug-likeness (QED) is 0.101. The number of allylic oxidation sites excluding steroid dienone is 2. The van der Waals surface area contributed by atoms with Gasteiger partial charge in [-0.05, 0) is 100 Å². The summed E-state index contributed by atoms with van der Waals surface area (Å²) in [6.07, 6.45) is 8.96. The van der Waals surface area contributed by atoms with Gasteiger partial charge in [0.2, 0.25) is 0 Å². The third kappa shape index (κ3) is 8.03. The molecule has 0 aromatic heterocycles. The third-order valence-electron chi connectivity index (χ3n) is 10.1. The van der Waals surface area contributed by atoms with Crippen molar-refractivity contribution >= 4 is 51.1 Å². The van der Waals surface area contributed by atoms with E-state index in [1.807, 2.05) is 0 Å². The van der Waals surface area contributed by atoms with Crippen LogP contribution in [0.2, 0.25) is 0 Å². The molecule has 0 saturated carbocycles. The minimum absolute atomic E-state index is 1.10. The van der Waals surface area contributed by atoms with Crippen LogP contribution in [0.3, 0.4) is 0 Å². The largest absolute Gasteiger partial charge is 0.310 e. The molecule has 0 bridgehead atoms. The van der Waals surface area contributed by atoms with Gasteiger partial charge < -0.3 is 4.90 Å². The van der Waals surface area contributed by atoms with Crippen molar-refractivity contribution in [1.29, 1.82) is 0 Å². The number of hydrogen-bond acceptors (Lipinski definition) is 1. The lowest BCUT2D eigenvalue weighted by atomic mass is 9.95. The van der Waals surface area contributed by atoms with Crippen LogP contribution in [-0.2, 0) is 0 Å². The summed E-state index contributed by atoms with van der Waals surface area (Å²) in [4.78, 5) is 2.37. The Kier molecular flexibility index (Phi) is 10.4. The maximum Gasteiger partial charge on any atom is 0.0540 e. The highest BCUT2D eigenvalue weighted by Crippen LogP contribution is 2.40. The van der Waals surface area contributed by atoms with E-state index in [1.54, 1.807) is 0 Å². The normalized spacial score (nSPS) is 11.0. The highest BCUT2D eigenvalue weighted by molar-refractivity contribution is 6.03. The average Bonchev–Trinajstić information content (AvgIpc) is 3.24. The molecule has 0 aliphatic rings. The topological polar surface area (TPSA) is 3.24 Å². The molecule has 0 unspecified atom stereocenters. The molecule has 0 N–H and O–H groups in total. The maximum atomic E-state index is 2.37. The van der Waals surface area contributed by atoms with Gasteiger partial charge >= 0.3 is 0 Å². The monoisotopic (exact) mass is 705 g/mol. The Morgan fingerprint density at radius 3 is 1.44 bits per heavy atom. The van der Waals surface area contributed by atoms with E-state index in [2.05, 4.69) is 243 Å². The molecular formula is C54H43N. The van der Waals surface area contributed by atoms with Gasteiger partial charge in [-0.3, -0.25) is 0 Å². The van der Waals surface area contributed by atoms with Crippen molar-refractivity contribution in [2.24, 2.45) is 0 Å². The van der Waals surface area contributed by atoms with Crippen molar-refractivity contribution in [3.05, 3.63) is 257 Å². The summed E-state index contributed by atoms with van der Waals surface area (Å²) >= 11 is 0. The number of aryl methyl sites for hydroxylation is 2. The Morgan fingerprint density at radius 2 is 0.873 bits per heavy atom. The zero-order chi connectivity index (χ0) is 37.4. The highest BCUT2D eigenvalue weighted by atomic mass is 15.1. The molecular weight excluding hydrogens is 663 g/mol. The van der Waals surface area contributed by atoms with Crippen LogP contribution in [-0.4, -0.2) is 0 Å². The van der Waals surface area contributed by atoms with Gasteiger partial charge in [0.15, 0.2) is 0 Å². The van der Waals surface area contributed by atoms with E-state index in [4.69, 9.17) is 0 Å². The van der Waals surface area contributed by atoms with Crippen molar-refractivity contribution < 1.29 is 0 Å². The molecule has 0 aliphatic carbocycles. The van der Waals surface area contributed by atoms with Crippen LogP contribution in [0.25, 0.3) is 34.1 Å². The summed E-state index contributed by atoms with van der Waals surface area (Å²) in [5.74, 6) is 0. The first-order valence-electron chi connectivity index (χ1n) is 18.9. The molecule has 8 aromatic carbocycles. The van der Waals surface area contributed by atoms with Crippen LogP contribution in [0, 0.1) is 13.8 Å². The minimum atomic E-state index is 1.10. The lowest BCUT2D eigenvalue weighted by molar-refractivity contribution is 1.29. The predicted octanol–water partition coefficient (Wildman–Crippen LogP) is 14.7. The summed E-state index contributed by atoms with van der Waals surface area (Å²) in [6, 6.07) is 71.7. The van der Waals surface area contributed by atoms with E-state index in [1.165, 1.54) is 60.9 Å². The molecule has 55 heavy (non-hydrogen) atoms. The molecule has 264 valence electrons. The first-order valence-corrected chi connectivity index (χ1v) is 18.9. The van der Waals surface area contributed by atoms with Crippen LogP contribution < -0.4 is 4.90 Å². The fraction of sp³-hybridized carbons (Fsp3) is 0.0370. The van der Waals surface area contributed by atoms with Crippen molar-refractivity contribution in [2.45, 2.75) is 13.8 Å². The van der Waals surface area contributed by atoms with Gasteiger partial charge in [0.05, 0.1) is 5.69 Å². The summed E-state index contributed by atoms with van der Waals surface area (Å²) in [5, 5.41) is 2.39. The standard InChI is InChI=1S/C54H43N/c1-40-25-31-46(32-26-40)50(47-33-27-41(2)28-34-47)24-14-19-45-35-38-54(52-23-13-12-22-51(45)52)55(48-20-10-5-11-21-48)49-36-29-42(30-37-49)39-53(43-15-6-3-7-16-43)44-17-8-4-9-18-44/h3-39H,1-2H3. The smallest absolute Gasteiger partial charge is 0.0540 e. The van der Waals surface area contributed by atoms with Crippen LogP contribution >= 0.6 is 0 Å². The molecule has 0 fully saturated rings. The SMILES string of the molecule is Cc1ccc(C(=CC=Cc2ccc(N(c3ccccc3)c3ccc(C=C(c4ccccc4)c4ccccc4)cc3)c3ccccc23)c2ccc(C)cc2)cc1. The summed E-state index contributed by atoms with van der Waals surface area (Å²) in [7, 11) is 0. The predicted molar refractivity (Wildman–Crippen MR) is 237 cm³/mol. The van der Waals surface area contributed by atoms with Crippen molar-refractivity contribution in [3.63, 3.8) is 0 Å².